The van der Waals surface area contributed by atoms with Gasteiger partial charge in [0.1, 0.15) is 5.82 Å². The van der Waals surface area contributed by atoms with E-state index in [0.29, 0.717) is 54.0 Å². The molecule has 4 aromatic rings. The van der Waals surface area contributed by atoms with E-state index in [0.717, 1.165) is 5.56 Å². The van der Waals surface area contributed by atoms with E-state index in [4.69, 9.17) is 0 Å². The first-order valence-corrected chi connectivity index (χ1v) is 9.78. The van der Waals surface area contributed by atoms with Crippen LogP contribution in [-0.4, -0.2) is 36.1 Å². The standard InChI is InChI=1S/C21H21N7O2/c1-2-28-20(25-26-27-28)14-7-5-8-15(13-14)22-19(29)12-6-11-18-23-17-10-4-3-9-16(17)21(30)24-18/h3-5,7-10,13H,2,6,11-12H2,1H3,(H,22,29)(H,23,24,30). The second-order valence-electron chi connectivity index (χ2n) is 6.83. The molecule has 0 saturated heterocycles. The second-order valence-corrected chi connectivity index (χ2v) is 6.83. The number of carbonyl (C=O) groups is 1. The molecule has 0 aliphatic carbocycles. The summed E-state index contributed by atoms with van der Waals surface area (Å²) in [4.78, 5) is 31.7. The number of aromatic amines is 1. The fourth-order valence-electron chi connectivity index (χ4n) is 3.25. The Bertz CT molecular complexity index is 1250. The Hall–Kier alpha value is -3.88. The van der Waals surface area contributed by atoms with Crippen LogP contribution < -0.4 is 10.9 Å². The number of nitrogens with zero attached hydrogens (tertiary/aromatic N) is 5. The van der Waals surface area contributed by atoms with Gasteiger partial charge in [-0.2, -0.15) is 0 Å². The number of para-hydroxylation sites is 1. The van der Waals surface area contributed by atoms with Crippen LogP contribution in [0.3, 0.4) is 0 Å². The molecule has 0 spiro atoms. The third-order valence-corrected chi connectivity index (χ3v) is 4.72. The SMILES string of the molecule is CCn1nnnc1-c1cccc(NC(=O)CCCc2nc3ccccc3c(=O)[nH]2)c1. The number of hydrogen-bond donors (Lipinski definition) is 2. The van der Waals surface area contributed by atoms with Crippen LogP contribution in [0.15, 0.2) is 53.3 Å². The highest BCUT2D eigenvalue weighted by Gasteiger charge is 2.10. The molecule has 4 rings (SSSR count). The van der Waals surface area contributed by atoms with E-state index in [9.17, 15) is 9.59 Å². The summed E-state index contributed by atoms with van der Waals surface area (Å²) in [5, 5.41) is 15.1. The molecule has 0 radical (unpaired) electrons. The van der Waals surface area contributed by atoms with Gasteiger partial charge in [0.05, 0.1) is 10.9 Å². The molecule has 0 atom stereocenters. The molecule has 2 N–H and O–H groups in total. The van der Waals surface area contributed by atoms with Crippen molar-refractivity contribution >= 4 is 22.5 Å². The van der Waals surface area contributed by atoms with Gasteiger partial charge >= 0.3 is 0 Å². The minimum Gasteiger partial charge on any atom is -0.326 e. The molecule has 0 bridgehead atoms. The smallest absolute Gasteiger partial charge is 0.258 e. The summed E-state index contributed by atoms with van der Waals surface area (Å²) in [7, 11) is 0. The van der Waals surface area contributed by atoms with Crippen molar-refractivity contribution in [3.63, 3.8) is 0 Å². The lowest BCUT2D eigenvalue weighted by molar-refractivity contribution is -0.116. The number of benzene rings is 2. The van der Waals surface area contributed by atoms with Gasteiger partial charge in [-0.3, -0.25) is 9.59 Å². The lowest BCUT2D eigenvalue weighted by atomic mass is 10.1. The number of nitrogens with one attached hydrogen (secondary N) is 2. The maximum atomic E-state index is 12.4. The van der Waals surface area contributed by atoms with E-state index in [2.05, 4.69) is 30.8 Å². The second kappa shape index (κ2) is 8.64. The molecule has 30 heavy (non-hydrogen) atoms. The summed E-state index contributed by atoms with van der Waals surface area (Å²) in [5.74, 6) is 1.13. The number of tetrazole rings is 1. The highest BCUT2D eigenvalue weighted by molar-refractivity contribution is 5.91. The number of rotatable bonds is 7. The quantitative estimate of drug-likeness (QED) is 0.490. The molecule has 2 heterocycles. The number of aryl methyl sites for hydroxylation is 2. The molecular weight excluding hydrogens is 382 g/mol. The zero-order chi connectivity index (χ0) is 20.9. The highest BCUT2D eigenvalue weighted by Crippen LogP contribution is 2.20. The summed E-state index contributed by atoms with van der Waals surface area (Å²) in [5.41, 5.74) is 2.01. The van der Waals surface area contributed by atoms with Crippen LogP contribution in [0.1, 0.15) is 25.6 Å². The summed E-state index contributed by atoms with van der Waals surface area (Å²) in [6.45, 7) is 2.62. The van der Waals surface area contributed by atoms with Crippen LogP contribution in [0.2, 0.25) is 0 Å². The van der Waals surface area contributed by atoms with Crippen LogP contribution in [0.4, 0.5) is 5.69 Å². The van der Waals surface area contributed by atoms with Crippen molar-refractivity contribution in [1.82, 2.24) is 30.2 Å². The first-order valence-electron chi connectivity index (χ1n) is 9.78. The van der Waals surface area contributed by atoms with Crippen LogP contribution in [0, 0.1) is 0 Å². The number of hydrogen-bond acceptors (Lipinski definition) is 6. The molecule has 1 amide bonds. The topological polar surface area (TPSA) is 118 Å². The van der Waals surface area contributed by atoms with Gasteiger partial charge in [-0.25, -0.2) is 9.67 Å². The van der Waals surface area contributed by atoms with Crippen molar-refractivity contribution in [2.75, 3.05) is 5.32 Å². The molecule has 0 saturated carbocycles. The first kappa shape index (κ1) is 19.4. The van der Waals surface area contributed by atoms with E-state index < -0.39 is 0 Å². The Labute approximate surface area is 172 Å². The van der Waals surface area contributed by atoms with E-state index in [1.807, 2.05) is 43.3 Å². The van der Waals surface area contributed by atoms with E-state index in [1.54, 1.807) is 16.8 Å². The average Bonchev–Trinajstić information content (AvgIpc) is 3.23. The molecule has 9 nitrogen and oxygen atoms in total. The largest absolute Gasteiger partial charge is 0.326 e. The van der Waals surface area contributed by atoms with Crippen molar-refractivity contribution in [1.29, 1.82) is 0 Å². The maximum Gasteiger partial charge on any atom is 0.258 e. The van der Waals surface area contributed by atoms with Crippen molar-refractivity contribution in [3.8, 4) is 11.4 Å². The molecule has 2 aromatic carbocycles. The van der Waals surface area contributed by atoms with E-state index >= 15 is 0 Å². The van der Waals surface area contributed by atoms with Gasteiger partial charge in [0, 0.05) is 30.6 Å². The molecule has 0 aliphatic heterocycles. The zero-order valence-corrected chi connectivity index (χ0v) is 16.5. The van der Waals surface area contributed by atoms with Crippen molar-refractivity contribution in [2.45, 2.75) is 32.7 Å². The van der Waals surface area contributed by atoms with Crippen LogP contribution in [0.25, 0.3) is 22.3 Å². The molecule has 2 aromatic heterocycles. The lowest BCUT2D eigenvalue weighted by Crippen LogP contribution is -2.14. The van der Waals surface area contributed by atoms with Crippen LogP contribution >= 0.6 is 0 Å². The minimum absolute atomic E-state index is 0.106. The molecule has 9 heteroatoms. The summed E-state index contributed by atoms with van der Waals surface area (Å²) < 4.78 is 1.69. The van der Waals surface area contributed by atoms with Crippen LogP contribution in [-0.2, 0) is 17.8 Å². The Kier molecular flexibility index (Phi) is 5.60. The maximum absolute atomic E-state index is 12.4. The predicted octanol–water partition coefficient (Wildman–Crippen LogP) is 2.56. The summed E-state index contributed by atoms with van der Waals surface area (Å²) >= 11 is 0. The summed E-state index contributed by atoms with van der Waals surface area (Å²) in [6.07, 6.45) is 1.40. The lowest BCUT2D eigenvalue weighted by Gasteiger charge is -2.08. The number of H-pyrrole nitrogens is 1. The Morgan fingerprint density at radius 3 is 2.90 bits per heavy atom. The monoisotopic (exact) mass is 403 g/mol. The molecular formula is C21H21N7O2. The third kappa shape index (κ3) is 4.24. The fraction of sp³-hybridized carbons (Fsp3) is 0.238. The van der Waals surface area contributed by atoms with Gasteiger partial charge in [-0.1, -0.05) is 24.3 Å². The van der Waals surface area contributed by atoms with Gasteiger partial charge in [0.15, 0.2) is 5.82 Å². The van der Waals surface area contributed by atoms with Crippen molar-refractivity contribution < 1.29 is 4.79 Å². The molecule has 152 valence electrons. The Morgan fingerprint density at radius 2 is 2.03 bits per heavy atom. The Morgan fingerprint density at radius 1 is 1.17 bits per heavy atom. The molecule has 0 fully saturated rings. The van der Waals surface area contributed by atoms with E-state index in [1.165, 1.54) is 0 Å². The van der Waals surface area contributed by atoms with Gasteiger partial charge in [0.2, 0.25) is 5.91 Å². The predicted molar refractivity (Wildman–Crippen MR) is 113 cm³/mol. The van der Waals surface area contributed by atoms with Crippen molar-refractivity contribution in [2.24, 2.45) is 0 Å². The highest BCUT2D eigenvalue weighted by atomic mass is 16.1. The zero-order valence-electron chi connectivity index (χ0n) is 16.5. The third-order valence-electron chi connectivity index (χ3n) is 4.72. The Balaban J connectivity index is 1.37. The van der Waals surface area contributed by atoms with Gasteiger partial charge in [0.25, 0.3) is 5.56 Å². The number of amides is 1. The number of fused-ring (bicyclic) bond motifs is 1. The fourth-order valence-corrected chi connectivity index (χ4v) is 3.25. The number of carbonyl (C=O) groups excluding carboxylic acids is 1. The average molecular weight is 403 g/mol. The minimum atomic E-state index is -0.161. The van der Waals surface area contributed by atoms with Gasteiger partial charge < -0.3 is 10.3 Å². The van der Waals surface area contributed by atoms with Crippen LogP contribution in [0.5, 0.6) is 0 Å². The van der Waals surface area contributed by atoms with E-state index in [-0.39, 0.29) is 11.5 Å². The summed E-state index contributed by atoms with van der Waals surface area (Å²) in [6, 6.07) is 14.6. The normalized spacial score (nSPS) is 11.0. The first-order chi connectivity index (χ1) is 14.6. The van der Waals surface area contributed by atoms with Crippen molar-refractivity contribution in [3.05, 3.63) is 64.7 Å². The van der Waals surface area contributed by atoms with Gasteiger partial charge in [-0.05, 0) is 48.0 Å². The number of anilines is 1. The van der Waals surface area contributed by atoms with Gasteiger partial charge in [-0.15, -0.1) is 5.10 Å². The molecule has 0 aliphatic rings. The number of aromatic nitrogens is 6. The molecule has 0 unspecified atom stereocenters.